The molecule has 2 aromatic rings. The van der Waals surface area contributed by atoms with Gasteiger partial charge in [0.1, 0.15) is 0 Å². The molecule has 0 radical (unpaired) electrons. The zero-order chi connectivity index (χ0) is 13.8. The highest BCUT2D eigenvalue weighted by molar-refractivity contribution is 7.14. The maximum absolute atomic E-state index is 12.2. The van der Waals surface area contributed by atoms with Crippen molar-refractivity contribution >= 4 is 34.7 Å². The Bertz CT molecular complexity index is 619. The summed E-state index contributed by atoms with van der Waals surface area (Å²) >= 11 is 7.15. The van der Waals surface area contributed by atoms with Crippen molar-refractivity contribution in [1.82, 2.24) is 0 Å². The molecule has 3 nitrogen and oxygen atoms in total. The van der Waals surface area contributed by atoms with Crippen LogP contribution in [0.4, 0.5) is 0 Å². The van der Waals surface area contributed by atoms with Crippen molar-refractivity contribution in [3.63, 3.8) is 0 Å². The number of hydrogen-bond donors (Lipinski definition) is 0. The number of thiophene rings is 1. The van der Waals surface area contributed by atoms with Crippen LogP contribution in [0.15, 0.2) is 36.4 Å². The summed E-state index contributed by atoms with van der Waals surface area (Å²) in [6.45, 7) is 0. The smallest absolute Gasteiger partial charge is 0.310 e. The van der Waals surface area contributed by atoms with Crippen molar-refractivity contribution in [1.29, 1.82) is 0 Å². The fourth-order valence-electron chi connectivity index (χ4n) is 1.58. The Labute approximate surface area is 119 Å². The number of ketones is 1. The molecule has 0 N–H and O–H groups in total. The van der Waals surface area contributed by atoms with E-state index < -0.39 is 0 Å². The van der Waals surface area contributed by atoms with Crippen LogP contribution in [0.3, 0.4) is 0 Å². The quantitative estimate of drug-likeness (QED) is 0.641. The molecule has 2 rings (SSSR count). The third-order valence-electron chi connectivity index (χ3n) is 2.52. The Hall–Kier alpha value is -1.65. The van der Waals surface area contributed by atoms with Gasteiger partial charge in [-0.05, 0) is 24.3 Å². The Morgan fingerprint density at radius 2 is 2.05 bits per heavy atom. The summed E-state index contributed by atoms with van der Waals surface area (Å²) < 4.78 is 4.59. The Morgan fingerprint density at radius 1 is 1.26 bits per heavy atom. The van der Waals surface area contributed by atoms with Crippen molar-refractivity contribution in [2.45, 2.75) is 6.42 Å². The molecule has 0 atom stereocenters. The third-order valence-corrected chi connectivity index (χ3v) is 3.84. The lowest BCUT2D eigenvalue weighted by Gasteiger charge is -1.98. The molecule has 0 unspecified atom stereocenters. The fraction of sp³-hybridized carbons (Fsp3) is 0.143. The molecule has 0 saturated heterocycles. The van der Waals surface area contributed by atoms with E-state index in [-0.39, 0.29) is 18.2 Å². The van der Waals surface area contributed by atoms with E-state index in [4.69, 9.17) is 11.6 Å². The minimum Gasteiger partial charge on any atom is -0.469 e. The van der Waals surface area contributed by atoms with Crippen LogP contribution in [0.1, 0.15) is 20.1 Å². The molecule has 0 saturated carbocycles. The van der Waals surface area contributed by atoms with E-state index >= 15 is 0 Å². The summed E-state index contributed by atoms with van der Waals surface area (Å²) in [4.78, 5) is 24.7. The first-order valence-electron chi connectivity index (χ1n) is 5.56. The SMILES string of the molecule is COC(=O)Cc1ccc(C(=O)c2cccc(Cl)c2)s1. The van der Waals surface area contributed by atoms with Gasteiger partial charge in [0.15, 0.2) is 0 Å². The lowest BCUT2D eigenvalue weighted by atomic mass is 10.1. The Morgan fingerprint density at radius 3 is 2.74 bits per heavy atom. The van der Waals surface area contributed by atoms with Crippen molar-refractivity contribution < 1.29 is 14.3 Å². The van der Waals surface area contributed by atoms with E-state index in [1.54, 1.807) is 36.4 Å². The number of methoxy groups -OCH3 is 1. The zero-order valence-corrected chi connectivity index (χ0v) is 11.8. The summed E-state index contributed by atoms with van der Waals surface area (Å²) in [5, 5.41) is 0.525. The van der Waals surface area contributed by atoms with E-state index in [9.17, 15) is 9.59 Å². The number of carbonyl (C=O) groups is 2. The van der Waals surface area contributed by atoms with E-state index in [1.807, 2.05) is 0 Å². The summed E-state index contributed by atoms with van der Waals surface area (Å²) in [6.07, 6.45) is 0.185. The van der Waals surface area contributed by atoms with E-state index in [0.29, 0.717) is 15.5 Å². The van der Waals surface area contributed by atoms with Crippen molar-refractivity contribution in [3.05, 3.63) is 56.7 Å². The fourth-order valence-corrected chi connectivity index (χ4v) is 2.73. The highest BCUT2D eigenvalue weighted by Crippen LogP contribution is 2.22. The average molecular weight is 295 g/mol. The van der Waals surface area contributed by atoms with E-state index in [2.05, 4.69) is 4.74 Å². The molecule has 5 heteroatoms. The molecule has 0 aliphatic rings. The number of rotatable bonds is 4. The van der Waals surface area contributed by atoms with Crippen LogP contribution < -0.4 is 0 Å². The number of esters is 1. The standard InChI is InChI=1S/C14H11ClO3S/c1-18-13(16)8-11-5-6-12(19-11)14(17)9-3-2-4-10(15)7-9/h2-7H,8H2,1H3. The highest BCUT2D eigenvalue weighted by atomic mass is 35.5. The normalized spacial score (nSPS) is 10.2. The van der Waals surface area contributed by atoms with Gasteiger partial charge in [-0.2, -0.15) is 0 Å². The maximum atomic E-state index is 12.2. The van der Waals surface area contributed by atoms with Gasteiger partial charge >= 0.3 is 5.97 Å². The van der Waals surface area contributed by atoms with Crippen LogP contribution in [-0.4, -0.2) is 18.9 Å². The van der Waals surface area contributed by atoms with Crippen LogP contribution in [0.5, 0.6) is 0 Å². The van der Waals surface area contributed by atoms with E-state index in [1.165, 1.54) is 18.4 Å². The van der Waals surface area contributed by atoms with Crippen LogP contribution in [0, 0.1) is 0 Å². The zero-order valence-electron chi connectivity index (χ0n) is 10.2. The second-order valence-corrected chi connectivity index (χ2v) is 5.46. The minimum absolute atomic E-state index is 0.0939. The van der Waals surface area contributed by atoms with Crippen LogP contribution in [-0.2, 0) is 16.0 Å². The maximum Gasteiger partial charge on any atom is 0.310 e. The van der Waals surface area contributed by atoms with Gasteiger partial charge in [0.25, 0.3) is 0 Å². The largest absolute Gasteiger partial charge is 0.469 e. The molecule has 1 aromatic carbocycles. The number of hydrogen-bond acceptors (Lipinski definition) is 4. The molecule has 19 heavy (non-hydrogen) atoms. The number of ether oxygens (including phenoxy) is 1. The first kappa shape index (κ1) is 13.8. The highest BCUT2D eigenvalue weighted by Gasteiger charge is 2.13. The van der Waals surface area contributed by atoms with Gasteiger partial charge in [0.05, 0.1) is 18.4 Å². The lowest BCUT2D eigenvalue weighted by Crippen LogP contribution is -2.02. The average Bonchev–Trinajstić information content (AvgIpc) is 2.86. The third kappa shape index (κ3) is 3.43. The number of halogens is 1. The molecule has 0 aliphatic carbocycles. The molecule has 0 fully saturated rings. The van der Waals surface area contributed by atoms with E-state index in [0.717, 1.165) is 4.88 Å². The summed E-state index contributed by atoms with van der Waals surface area (Å²) in [7, 11) is 1.34. The molecular weight excluding hydrogens is 284 g/mol. The van der Waals surface area contributed by atoms with Crippen LogP contribution >= 0.6 is 22.9 Å². The predicted octanol–water partition coefficient (Wildman–Crippen LogP) is 3.35. The van der Waals surface area contributed by atoms with Gasteiger partial charge in [-0.1, -0.05) is 23.7 Å². The molecule has 0 bridgehead atoms. The van der Waals surface area contributed by atoms with Gasteiger partial charge in [-0.25, -0.2) is 0 Å². The van der Waals surface area contributed by atoms with Gasteiger partial charge in [-0.15, -0.1) is 11.3 Å². The van der Waals surface area contributed by atoms with Crippen molar-refractivity contribution in [2.75, 3.05) is 7.11 Å². The Balaban J connectivity index is 2.18. The lowest BCUT2D eigenvalue weighted by molar-refractivity contribution is -0.139. The first-order valence-corrected chi connectivity index (χ1v) is 6.75. The summed E-state index contributed by atoms with van der Waals surface area (Å²) in [5.41, 5.74) is 0.541. The second-order valence-electron chi connectivity index (χ2n) is 3.86. The first-order chi connectivity index (χ1) is 9.10. The summed E-state index contributed by atoms with van der Waals surface area (Å²) in [6, 6.07) is 10.3. The second kappa shape index (κ2) is 5.99. The number of carbonyl (C=O) groups excluding carboxylic acids is 2. The van der Waals surface area contributed by atoms with Gasteiger partial charge in [-0.3, -0.25) is 9.59 Å². The monoisotopic (exact) mass is 294 g/mol. The Kier molecular flexibility index (Phi) is 4.35. The summed E-state index contributed by atoms with van der Waals surface area (Å²) in [5.74, 6) is -0.410. The van der Waals surface area contributed by atoms with Crippen molar-refractivity contribution in [3.8, 4) is 0 Å². The van der Waals surface area contributed by atoms with Crippen LogP contribution in [0.2, 0.25) is 5.02 Å². The van der Waals surface area contributed by atoms with Gasteiger partial charge < -0.3 is 4.74 Å². The molecule has 0 amide bonds. The van der Waals surface area contributed by atoms with Crippen LogP contribution in [0.25, 0.3) is 0 Å². The molecule has 98 valence electrons. The molecule has 0 aliphatic heterocycles. The molecule has 1 heterocycles. The number of benzene rings is 1. The topological polar surface area (TPSA) is 43.4 Å². The van der Waals surface area contributed by atoms with Gasteiger partial charge in [0, 0.05) is 15.5 Å². The molecular formula is C14H11ClO3S. The molecule has 1 aromatic heterocycles. The minimum atomic E-state index is -0.316. The predicted molar refractivity (Wildman–Crippen MR) is 74.9 cm³/mol. The molecule has 0 spiro atoms. The van der Waals surface area contributed by atoms with Crippen molar-refractivity contribution in [2.24, 2.45) is 0 Å². The van der Waals surface area contributed by atoms with Gasteiger partial charge in [0.2, 0.25) is 5.78 Å².